The van der Waals surface area contributed by atoms with Crippen molar-refractivity contribution in [1.29, 1.82) is 0 Å². The minimum atomic E-state index is 0.717. The van der Waals surface area contributed by atoms with Gasteiger partial charge in [-0.05, 0) is 6.54 Å². The third-order valence-electron chi connectivity index (χ3n) is 2.32. The Hall–Kier alpha value is -1.69. The van der Waals surface area contributed by atoms with E-state index >= 15 is 0 Å². The number of aryl methyl sites for hydroxylation is 1. The Bertz CT molecular complexity index is 444. The van der Waals surface area contributed by atoms with Gasteiger partial charge in [0.05, 0.1) is 13.1 Å². The highest BCUT2D eigenvalue weighted by atomic mass is 15.4. The van der Waals surface area contributed by atoms with E-state index in [-0.39, 0.29) is 0 Å². The van der Waals surface area contributed by atoms with Crippen LogP contribution in [0.3, 0.4) is 0 Å². The molecule has 2 aromatic heterocycles. The SMILES string of the molecule is CCNCc1nccn1Cc1cn(C)nn1. The van der Waals surface area contributed by atoms with Crippen LogP contribution < -0.4 is 5.32 Å². The van der Waals surface area contributed by atoms with E-state index in [1.54, 1.807) is 4.68 Å². The highest BCUT2D eigenvalue weighted by Crippen LogP contribution is 2.02. The molecule has 0 spiro atoms. The first kappa shape index (κ1) is 10.8. The number of nitrogens with one attached hydrogen (secondary N) is 1. The highest BCUT2D eigenvalue weighted by molar-refractivity contribution is 4.99. The zero-order chi connectivity index (χ0) is 11.4. The van der Waals surface area contributed by atoms with E-state index in [0.717, 1.165) is 24.6 Å². The third-order valence-corrected chi connectivity index (χ3v) is 2.32. The van der Waals surface area contributed by atoms with E-state index in [0.29, 0.717) is 6.54 Å². The Balaban J connectivity index is 2.06. The number of hydrogen-bond donors (Lipinski definition) is 1. The fourth-order valence-corrected chi connectivity index (χ4v) is 1.53. The van der Waals surface area contributed by atoms with Crippen LogP contribution in [0.15, 0.2) is 18.6 Å². The average Bonchev–Trinajstić information content (AvgIpc) is 2.86. The van der Waals surface area contributed by atoms with E-state index in [9.17, 15) is 0 Å². The Morgan fingerprint density at radius 1 is 1.44 bits per heavy atom. The lowest BCUT2D eigenvalue weighted by atomic mass is 10.4. The van der Waals surface area contributed by atoms with Gasteiger partial charge in [0, 0.05) is 25.6 Å². The molecule has 0 fully saturated rings. The lowest BCUT2D eigenvalue weighted by molar-refractivity contribution is 0.633. The van der Waals surface area contributed by atoms with Gasteiger partial charge in [-0.15, -0.1) is 5.10 Å². The largest absolute Gasteiger partial charge is 0.328 e. The Kier molecular flexibility index (Phi) is 3.31. The minimum Gasteiger partial charge on any atom is -0.328 e. The molecule has 0 saturated carbocycles. The van der Waals surface area contributed by atoms with E-state index < -0.39 is 0 Å². The molecule has 0 aliphatic heterocycles. The minimum absolute atomic E-state index is 0.717. The second-order valence-electron chi connectivity index (χ2n) is 3.64. The molecule has 0 aliphatic rings. The monoisotopic (exact) mass is 220 g/mol. The summed E-state index contributed by atoms with van der Waals surface area (Å²) in [5.74, 6) is 1.02. The van der Waals surface area contributed by atoms with Crippen molar-refractivity contribution in [2.75, 3.05) is 6.54 Å². The van der Waals surface area contributed by atoms with Gasteiger partial charge in [-0.2, -0.15) is 0 Å². The van der Waals surface area contributed by atoms with Crippen LogP contribution in [0.5, 0.6) is 0 Å². The molecule has 86 valence electrons. The quantitative estimate of drug-likeness (QED) is 0.780. The summed E-state index contributed by atoms with van der Waals surface area (Å²) in [6, 6.07) is 0. The van der Waals surface area contributed by atoms with Crippen molar-refractivity contribution in [3.05, 3.63) is 30.1 Å². The van der Waals surface area contributed by atoms with Gasteiger partial charge < -0.3 is 9.88 Å². The molecule has 1 N–H and O–H groups in total. The standard InChI is InChI=1S/C10H16N6/c1-3-11-6-10-12-4-5-16(10)8-9-7-15(2)14-13-9/h4-5,7,11H,3,6,8H2,1-2H3. The van der Waals surface area contributed by atoms with Crippen molar-refractivity contribution < 1.29 is 0 Å². The molecule has 0 amide bonds. The molecule has 0 bridgehead atoms. The van der Waals surface area contributed by atoms with Gasteiger partial charge in [0.1, 0.15) is 11.5 Å². The summed E-state index contributed by atoms with van der Waals surface area (Å²) < 4.78 is 3.78. The molecule has 0 aromatic carbocycles. The van der Waals surface area contributed by atoms with Gasteiger partial charge in [-0.3, -0.25) is 4.68 Å². The van der Waals surface area contributed by atoms with Crippen molar-refractivity contribution in [3.8, 4) is 0 Å². The van der Waals surface area contributed by atoms with Crippen LogP contribution in [0, 0.1) is 0 Å². The first-order chi connectivity index (χ1) is 7.79. The van der Waals surface area contributed by atoms with Gasteiger partial charge in [-0.25, -0.2) is 4.98 Å². The number of imidazole rings is 1. The second-order valence-corrected chi connectivity index (χ2v) is 3.64. The summed E-state index contributed by atoms with van der Waals surface area (Å²) in [4.78, 5) is 4.30. The van der Waals surface area contributed by atoms with E-state index in [2.05, 4.69) is 32.1 Å². The van der Waals surface area contributed by atoms with Gasteiger partial charge in [-0.1, -0.05) is 12.1 Å². The third kappa shape index (κ3) is 2.46. The van der Waals surface area contributed by atoms with Gasteiger partial charge in [0.15, 0.2) is 0 Å². The zero-order valence-electron chi connectivity index (χ0n) is 9.59. The fourth-order valence-electron chi connectivity index (χ4n) is 1.53. The maximum atomic E-state index is 4.30. The van der Waals surface area contributed by atoms with Crippen LogP contribution in [-0.4, -0.2) is 31.1 Å². The maximum absolute atomic E-state index is 4.30. The molecule has 2 aromatic rings. The van der Waals surface area contributed by atoms with E-state index in [1.807, 2.05) is 25.6 Å². The molecule has 2 rings (SSSR count). The molecule has 6 nitrogen and oxygen atoms in total. The van der Waals surface area contributed by atoms with E-state index in [1.165, 1.54) is 0 Å². The summed E-state index contributed by atoms with van der Waals surface area (Å²) in [5.41, 5.74) is 0.943. The van der Waals surface area contributed by atoms with Crippen molar-refractivity contribution in [2.45, 2.75) is 20.0 Å². The number of hydrogen-bond acceptors (Lipinski definition) is 4. The molecule has 2 heterocycles. The number of aromatic nitrogens is 5. The Labute approximate surface area is 94.3 Å². The topological polar surface area (TPSA) is 60.6 Å². The van der Waals surface area contributed by atoms with Crippen molar-refractivity contribution in [3.63, 3.8) is 0 Å². The molecule has 0 aliphatic carbocycles. The van der Waals surface area contributed by atoms with Crippen LogP contribution >= 0.6 is 0 Å². The van der Waals surface area contributed by atoms with Crippen molar-refractivity contribution >= 4 is 0 Å². The van der Waals surface area contributed by atoms with Gasteiger partial charge >= 0.3 is 0 Å². The predicted octanol–water partition coefficient (Wildman–Crippen LogP) is 0.169. The normalized spacial score (nSPS) is 10.9. The Morgan fingerprint density at radius 2 is 2.31 bits per heavy atom. The van der Waals surface area contributed by atoms with Crippen molar-refractivity contribution in [1.82, 2.24) is 29.9 Å². The number of nitrogens with zero attached hydrogens (tertiary/aromatic N) is 5. The lowest BCUT2D eigenvalue weighted by Crippen LogP contribution is -2.16. The first-order valence-corrected chi connectivity index (χ1v) is 5.35. The van der Waals surface area contributed by atoms with Crippen molar-refractivity contribution in [2.24, 2.45) is 7.05 Å². The second kappa shape index (κ2) is 4.89. The summed E-state index contributed by atoms with van der Waals surface area (Å²) in [5, 5.41) is 11.2. The maximum Gasteiger partial charge on any atom is 0.123 e. The molecule has 0 saturated heterocycles. The van der Waals surface area contributed by atoms with Gasteiger partial charge in [0.2, 0.25) is 0 Å². The fraction of sp³-hybridized carbons (Fsp3) is 0.500. The molecular formula is C10H16N6. The molecule has 16 heavy (non-hydrogen) atoms. The summed E-state index contributed by atoms with van der Waals surface area (Å²) in [7, 11) is 1.87. The summed E-state index contributed by atoms with van der Waals surface area (Å²) in [6.45, 7) is 4.52. The molecule has 0 unspecified atom stereocenters. The number of rotatable bonds is 5. The average molecular weight is 220 g/mol. The molecule has 0 radical (unpaired) electrons. The van der Waals surface area contributed by atoms with E-state index in [4.69, 9.17) is 0 Å². The summed E-state index contributed by atoms with van der Waals surface area (Å²) in [6.07, 6.45) is 5.68. The molecule has 0 atom stereocenters. The summed E-state index contributed by atoms with van der Waals surface area (Å²) >= 11 is 0. The smallest absolute Gasteiger partial charge is 0.123 e. The molecular weight excluding hydrogens is 204 g/mol. The van der Waals surface area contributed by atoms with Crippen LogP contribution in [-0.2, 0) is 20.1 Å². The zero-order valence-corrected chi connectivity index (χ0v) is 9.59. The lowest BCUT2D eigenvalue weighted by Gasteiger charge is -2.05. The van der Waals surface area contributed by atoms with Crippen LogP contribution in [0.2, 0.25) is 0 Å². The van der Waals surface area contributed by atoms with Crippen LogP contribution in [0.25, 0.3) is 0 Å². The van der Waals surface area contributed by atoms with Crippen LogP contribution in [0.1, 0.15) is 18.4 Å². The highest BCUT2D eigenvalue weighted by Gasteiger charge is 2.04. The van der Waals surface area contributed by atoms with Gasteiger partial charge in [0.25, 0.3) is 0 Å². The Morgan fingerprint density at radius 3 is 3.00 bits per heavy atom. The molecule has 6 heteroatoms. The predicted molar refractivity (Wildman–Crippen MR) is 59.7 cm³/mol. The van der Waals surface area contributed by atoms with Crippen LogP contribution in [0.4, 0.5) is 0 Å². The first-order valence-electron chi connectivity index (χ1n) is 5.35.